The van der Waals surface area contributed by atoms with Crippen molar-refractivity contribution in [2.24, 2.45) is 12.8 Å². The molecule has 3 N–H and O–H groups in total. The molecule has 0 amide bonds. The van der Waals surface area contributed by atoms with E-state index in [4.69, 9.17) is 10.5 Å². The topological polar surface area (TPSA) is 65.1 Å². The summed E-state index contributed by atoms with van der Waals surface area (Å²) in [6.45, 7) is 6.51. The molecule has 102 valence electrons. The minimum atomic E-state index is -0.0382. The highest BCUT2D eigenvalue weighted by Gasteiger charge is 2.30. The van der Waals surface area contributed by atoms with Crippen LogP contribution in [-0.2, 0) is 11.8 Å². The number of nitrogens with zero attached hydrogens (tertiary/aromatic N) is 2. The van der Waals surface area contributed by atoms with Crippen LogP contribution in [0.5, 0.6) is 0 Å². The van der Waals surface area contributed by atoms with Crippen molar-refractivity contribution in [1.82, 2.24) is 15.1 Å². The molecule has 0 spiro atoms. The number of aromatic nitrogens is 2. The van der Waals surface area contributed by atoms with Crippen LogP contribution < -0.4 is 11.1 Å². The quantitative estimate of drug-likeness (QED) is 0.817. The molecule has 1 saturated heterocycles. The maximum atomic E-state index is 5.87. The molecule has 0 aliphatic carbocycles. The number of hydrogen-bond donors (Lipinski definition) is 2. The molecule has 2 atom stereocenters. The lowest BCUT2D eigenvalue weighted by Gasteiger charge is -2.27. The molecule has 2 heterocycles. The summed E-state index contributed by atoms with van der Waals surface area (Å²) in [7, 11) is 1.95. The van der Waals surface area contributed by atoms with Crippen molar-refractivity contribution >= 4 is 0 Å². The molecule has 5 heteroatoms. The van der Waals surface area contributed by atoms with Crippen LogP contribution in [0.15, 0.2) is 6.20 Å². The molecule has 1 aromatic rings. The molecule has 0 saturated carbocycles. The maximum Gasteiger partial charge on any atom is 0.0779 e. The lowest BCUT2D eigenvalue weighted by atomic mass is 10.0. The van der Waals surface area contributed by atoms with Crippen molar-refractivity contribution in [1.29, 1.82) is 0 Å². The Hall–Kier alpha value is -0.910. The third-order valence-electron chi connectivity index (χ3n) is 3.91. The summed E-state index contributed by atoms with van der Waals surface area (Å²) in [5.74, 6) is 0. The normalized spacial score (nSPS) is 25.6. The highest BCUT2D eigenvalue weighted by molar-refractivity contribution is 5.21. The molecule has 2 rings (SSSR count). The average Bonchev–Trinajstić information content (AvgIpc) is 2.91. The van der Waals surface area contributed by atoms with Crippen molar-refractivity contribution in [2.45, 2.75) is 38.3 Å². The van der Waals surface area contributed by atoms with Crippen LogP contribution in [0, 0.1) is 6.92 Å². The fourth-order valence-electron chi connectivity index (χ4n) is 2.49. The first-order valence-electron chi connectivity index (χ1n) is 6.62. The molecule has 0 radical (unpaired) electrons. The van der Waals surface area contributed by atoms with Gasteiger partial charge in [-0.1, -0.05) is 0 Å². The number of hydrogen-bond acceptors (Lipinski definition) is 4. The van der Waals surface area contributed by atoms with Gasteiger partial charge >= 0.3 is 0 Å². The zero-order valence-electron chi connectivity index (χ0n) is 11.6. The lowest BCUT2D eigenvalue weighted by molar-refractivity contribution is 0.0189. The Bertz CT molecular complexity index is 396. The molecule has 5 nitrogen and oxygen atoms in total. The first-order chi connectivity index (χ1) is 8.56. The summed E-state index contributed by atoms with van der Waals surface area (Å²) in [6.07, 6.45) is 4.17. The first-order valence-corrected chi connectivity index (χ1v) is 6.62. The van der Waals surface area contributed by atoms with Crippen LogP contribution in [0.2, 0.25) is 0 Å². The summed E-state index contributed by atoms with van der Waals surface area (Å²) in [5, 5.41) is 7.79. The second-order valence-electron chi connectivity index (χ2n) is 5.38. The van der Waals surface area contributed by atoms with Crippen molar-refractivity contribution in [3.05, 3.63) is 17.5 Å². The summed E-state index contributed by atoms with van der Waals surface area (Å²) < 4.78 is 7.66. The molecular weight excluding hydrogens is 228 g/mol. The van der Waals surface area contributed by atoms with Crippen molar-refractivity contribution < 1.29 is 4.74 Å². The van der Waals surface area contributed by atoms with Crippen molar-refractivity contribution in [2.75, 3.05) is 19.7 Å². The van der Waals surface area contributed by atoms with Crippen LogP contribution in [0.3, 0.4) is 0 Å². The summed E-state index contributed by atoms with van der Waals surface area (Å²) in [5.41, 5.74) is 8.18. The molecule has 0 aromatic carbocycles. The Balaban J connectivity index is 1.99. The molecule has 1 aliphatic heterocycles. The van der Waals surface area contributed by atoms with E-state index in [1.54, 1.807) is 0 Å². The Morgan fingerprint density at radius 2 is 2.44 bits per heavy atom. The molecule has 2 unspecified atom stereocenters. The van der Waals surface area contributed by atoms with Gasteiger partial charge in [-0.2, -0.15) is 5.10 Å². The van der Waals surface area contributed by atoms with Crippen molar-refractivity contribution in [3.8, 4) is 0 Å². The fraction of sp³-hybridized carbons (Fsp3) is 0.769. The number of aryl methyl sites for hydroxylation is 1. The zero-order chi connectivity index (χ0) is 13.2. The predicted molar refractivity (Wildman–Crippen MR) is 71.3 cm³/mol. The highest BCUT2D eigenvalue weighted by atomic mass is 16.5. The Morgan fingerprint density at radius 3 is 2.94 bits per heavy atom. The number of nitrogens with one attached hydrogen (secondary N) is 1. The SMILES string of the molecule is Cc1c(C(CN)NCC2(C)CCCO2)cnn1C. The van der Waals surface area contributed by atoms with E-state index in [1.807, 2.05) is 17.9 Å². The van der Waals surface area contributed by atoms with E-state index in [2.05, 4.69) is 24.3 Å². The first kappa shape index (κ1) is 13.5. The molecule has 1 fully saturated rings. The van der Waals surface area contributed by atoms with Gasteiger partial charge in [-0.25, -0.2) is 0 Å². The van der Waals surface area contributed by atoms with Gasteiger partial charge in [0.15, 0.2) is 0 Å². The predicted octanol–water partition coefficient (Wildman–Crippen LogP) is 0.887. The van der Waals surface area contributed by atoms with Gasteiger partial charge in [0.1, 0.15) is 0 Å². The third kappa shape index (κ3) is 2.74. The monoisotopic (exact) mass is 252 g/mol. The Morgan fingerprint density at radius 1 is 1.67 bits per heavy atom. The smallest absolute Gasteiger partial charge is 0.0779 e. The van der Waals surface area contributed by atoms with E-state index >= 15 is 0 Å². The molecule has 1 aromatic heterocycles. The largest absolute Gasteiger partial charge is 0.374 e. The van der Waals surface area contributed by atoms with E-state index in [-0.39, 0.29) is 11.6 Å². The van der Waals surface area contributed by atoms with Gasteiger partial charge in [-0.15, -0.1) is 0 Å². The Labute approximate surface area is 109 Å². The summed E-state index contributed by atoms with van der Waals surface area (Å²) >= 11 is 0. The maximum absolute atomic E-state index is 5.87. The van der Waals surface area contributed by atoms with Crippen LogP contribution in [0.4, 0.5) is 0 Å². The average molecular weight is 252 g/mol. The van der Waals surface area contributed by atoms with Gasteiger partial charge in [0.25, 0.3) is 0 Å². The van der Waals surface area contributed by atoms with Gasteiger partial charge in [0.05, 0.1) is 11.8 Å². The second kappa shape index (κ2) is 5.38. The van der Waals surface area contributed by atoms with E-state index in [0.717, 1.165) is 31.7 Å². The zero-order valence-corrected chi connectivity index (χ0v) is 11.6. The highest BCUT2D eigenvalue weighted by Crippen LogP contribution is 2.25. The van der Waals surface area contributed by atoms with Crippen LogP contribution in [0.25, 0.3) is 0 Å². The van der Waals surface area contributed by atoms with Crippen molar-refractivity contribution in [3.63, 3.8) is 0 Å². The van der Waals surface area contributed by atoms with Gasteiger partial charge < -0.3 is 15.8 Å². The molecule has 18 heavy (non-hydrogen) atoms. The standard InChI is InChI=1S/C13H24N4O/c1-10-11(8-16-17(10)3)12(7-14)15-9-13(2)5-4-6-18-13/h8,12,15H,4-7,9,14H2,1-3H3. The van der Waals surface area contributed by atoms with E-state index in [1.165, 1.54) is 5.56 Å². The number of nitrogens with two attached hydrogens (primary N) is 1. The van der Waals surface area contributed by atoms with Gasteiger partial charge in [-0.3, -0.25) is 4.68 Å². The van der Waals surface area contributed by atoms with Gasteiger partial charge in [0, 0.05) is 44.0 Å². The van der Waals surface area contributed by atoms with E-state index in [0.29, 0.717) is 6.54 Å². The summed E-state index contributed by atoms with van der Waals surface area (Å²) in [4.78, 5) is 0. The number of ether oxygens (including phenoxy) is 1. The Kier molecular flexibility index (Phi) is 4.04. The fourth-order valence-corrected chi connectivity index (χ4v) is 2.49. The molecule has 1 aliphatic rings. The lowest BCUT2D eigenvalue weighted by Crippen LogP contribution is -2.41. The van der Waals surface area contributed by atoms with Crippen LogP contribution >= 0.6 is 0 Å². The van der Waals surface area contributed by atoms with Gasteiger partial charge in [-0.05, 0) is 26.7 Å². The van der Waals surface area contributed by atoms with Gasteiger partial charge in [0.2, 0.25) is 0 Å². The van der Waals surface area contributed by atoms with E-state index in [9.17, 15) is 0 Å². The minimum absolute atomic E-state index is 0.0382. The van der Waals surface area contributed by atoms with Crippen LogP contribution in [0.1, 0.15) is 37.1 Å². The molecule has 0 bridgehead atoms. The second-order valence-corrected chi connectivity index (χ2v) is 5.38. The number of rotatable bonds is 5. The van der Waals surface area contributed by atoms with Crippen LogP contribution in [-0.4, -0.2) is 35.1 Å². The van der Waals surface area contributed by atoms with E-state index < -0.39 is 0 Å². The molecular formula is C13H24N4O. The minimum Gasteiger partial charge on any atom is -0.374 e. The summed E-state index contributed by atoms with van der Waals surface area (Å²) in [6, 6.07) is 0.153. The third-order valence-corrected chi connectivity index (χ3v) is 3.91.